The minimum absolute atomic E-state index is 0.0743. The summed E-state index contributed by atoms with van der Waals surface area (Å²) in [5.74, 6) is 2.51. The maximum atomic E-state index is 13.3. The lowest BCUT2D eigenvalue weighted by Crippen LogP contribution is -2.58. The van der Waals surface area contributed by atoms with E-state index in [1.807, 2.05) is 0 Å². The monoisotopic (exact) mass is 505 g/mol. The molecule has 6 heteroatoms. The van der Waals surface area contributed by atoms with Crippen LogP contribution in [-0.4, -0.2) is 43.5 Å². The van der Waals surface area contributed by atoms with Crippen LogP contribution >= 0.6 is 0 Å². The molecule has 0 bridgehead atoms. The summed E-state index contributed by atoms with van der Waals surface area (Å²) in [5, 5.41) is 13.0. The van der Waals surface area contributed by atoms with Gasteiger partial charge < -0.3 is 15.0 Å². The molecule has 4 aliphatic carbocycles. The van der Waals surface area contributed by atoms with Crippen LogP contribution in [0.15, 0.2) is 40.6 Å². The molecule has 5 fully saturated rings. The maximum absolute atomic E-state index is 13.3. The number of hydrogen-bond donors (Lipinski definition) is 1. The van der Waals surface area contributed by atoms with Crippen molar-refractivity contribution in [3.05, 3.63) is 35.9 Å². The van der Waals surface area contributed by atoms with E-state index in [-0.39, 0.29) is 34.7 Å². The first-order valence-electron chi connectivity index (χ1n) is 14.5. The first-order chi connectivity index (χ1) is 17.9. The predicted octanol–water partition coefficient (Wildman–Crippen LogP) is 5.58. The van der Waals surface area contributed by atoms with Gasteiger partial charge >= 0.3 is 0 Å². The van der Waals surface area contributed by atoms with E-state index in [9.17, 15) is 4.79 Å². The molecule has 1 aromatic carbocycles. The second-order valence-corrected chi connectivity index (χ2v) is 13.0. The van der Waals surface area contributed by atoms with Crippen LogP contribution in [0.25, 0.3) is 0 Å². The van der Waals surface area contributed by atoms with Gasteiger partial charge in [0.25, 0.3) is 0 Å². The van der Waals surface area contributed by atoms with Gasteiger partial charge in [-0.15, -0.1) is 0 Å². The second kappa shape index (κ2) is 9.52. The topological polar surface area (TPSA) is 72.3 Å². The van der Waals surface area contributed by atoms with Gasteiger partial charge in [-0.1, -0.05) is 61.4 Å². The van der Waals surface area contributed by atoms with Crippen LogP contribution in [0, 0.1) is 40.4 Å². The number of ketones is 1. The van der Waals surface area contributed by atoms with Gasteiger partial charge in [-0.05, 0) is 73.8 Å². The highest BCUT2D eigenvalue weighted by atomic mass is 16.6. The smallest absolute Gasteiger partial charge is 0.141 e. The summed E-state index contributed by atoms with van der Waals surface area (Å²) in [4.78, 5) is 24.9. The van der Waals surface area contributed by atoms with Crippen molar-refractivity contribution in [1.82, 2.24) is 5.32 Å². The lowest BCUT2D eigenvalue weighted by Gasteiger charge is -2.61. The van der Waals surface area contributed by atoms with Crippen molar-refractivity contribution < 1.29 is 14.5 Å². The normalized spacial score (nSPS) is 45.4. The van der Waals surface area contributed by atoms with Crippen molar-refractivity contribution in [2.75, 3.05) is 20.2 Å². The van der Waals surface area contributed by atoms with E-state index in [0.717, 1.165) is 69.5 Å². The number of rotatable bonds is 4. The summed E-state index contributed by atoms with van der Waals surface area (Å²) in [6, 6.07) is 10.8. The van der Waals surface area contributed by atoms with E-state index in [1.54, 1.807) is 7.11 Å². The van der Waals surface area contributed by atoms with E-state index in [1.165, 1.54) is 5.56 Å². The average molecular weight is 506 g/mol. The number of fused-ring (bicyclic) bond motifs is 5. The molecular formula is C31H43N3O3. The van der Waals surface area contributed by atoms with Crippen molar-refractivity contribution in [3.63, 3.8) is 0 Å². The molecule has 37 heavy (non-hydrogen) atoms. The van der Waals surface area contributed by atoms with Gasteiger partial charge in [0.2, 0.25) is 0 Å². The van der Waals surface area contributed by atoms with Gasteiger partial charge in [0.05, 0.1) is 11.4 Å². The lowest BCUT2D eigenvalue weighted by molar-refractivity contribution is -0.135. The highest BCUT2D eigenvalue weighted by Gasteiger charge is 2.64. The Kier molecular flexibility index (Phi) is 6.45. The van der Waals surface area contributed by atoms with Crippen LogP contribution in [0.5, 0.6) is 0 Å². The van der Waals surface area contributed by atoms with Crippen molar-refractivity contribution in [2.45, 2.75) is 77.7 Å². The fraction of sp³-hybridized carbons (Fsp3) is 0.710. The Morgan fingerprint density at radius 3 is 2.57 bits per heavy atom. The van der Waals surface area contributed by atoms with E-state index in [4.69, 9.17) is 20.0 Å². The summed E-state index contributed by atoms with van der Waals surface area (Å²) < 4.78 is 0. The molecule has 6 rings (SSSR count). The van der Waals surface area contributed by atoms with Gasteiger partial charge in [-0.3, -0.25) is 4.79 Å². The Balaban J connectivity index is 1.41. The number of carbonyl (C=O) groups excluding carboxylic acids is 1. The van der Waals surface area contributed by atoms with E-state index in [2.05, 4.69) is 56.4 Å². The SMILES string of the molecule is CON=C1CC2C(CC[C@]3(C)C(=O)C(C)CC23)[C@@]2(C)CCC(=NOC3CCNC3)C(c3ccccc3)C12. The molecule has 5 aliphatic rings. The molecule has 1 N–H and O–H groups in total. The number of carbonyl (C=O) groups is 1. The van der Waals surface area contributed by atoms with Crippen LogP contribution in [0.2, 0.25) is 0 Å². The average Bonchev–Trinajstić information content (AvgIpc) is 3.50. The van der Waals surface area contributed by atoms with Crippen molar-refractivity contribution in [2.24, 2.45) is 50.7 Å². The Morgan fingerprint density at radius 2 is 1.84 bits per heavy atom. The van der Waals surface area contributed by atoms with Crippen molar-refractivity contribution in [1.29, 1.82) is 0 Å². The first kappa shape index (κ1) is 25.1. The molecule has 4 saturated carbocycles. The summed E-state index contributed by atoms with van der Waals surface area (Å²) in [7, 11) is 1.67. The summed E-state index contributed by atoms with van der Waals surface area (Å²) in [6.07, 6.45) is 7.26. The van der Waals surface area contributed by atoms with E-state index >= 15 is 0 Å². The fourth-order valence-corrected chi connectivity index (χ4v) is 9.36. The Hall–Kier alpha value is -2.21. The maximum Gasteiger partial charge on any atom is 0.141 e. The minimum atomic E-state index is -0.175. The third-order valence-corrected chi connectivity index (χ3v) is 11.1. The molecule has 1 aromatic rings. The Labute approximate surface area is 221 Å². The molecule has 1 saturated heterocycles. The Bertz CT molecular complexity index is 1080. The molecular weight excluding hydrogens is 462 g/mol. The molecule has 1 aliphatic heterocycles. The van der Waals surface area contributed by atoms with E-state index in [0.29, 0.717) is 23.5 Å². The van der Waals surface area contributed by atoms with Crippen LogP contribution in [-0.2, 0) is 14.5 Å². The zero-order chi connectivity index (χ0) is 25.8. The highest BCUT2D eigenvalue weighted by molar-refractivity contribution is 6.00. The number of benzene rings is 1. The third kappa shape index (κ3) is 3.97. The lowest BCUT2D eigenvalue weighted by atomic mass is 9.43. The highest BCUT2D eigenvalue weighted by Crippen LogP contribution is 2.67. The summed E-state index contributed by atoms with van der Waals surface area (Å²) in [6.45, 7) is 8.78. The largest absolute Gasteiger partial charge is 0.399 e. The molecule has 7 unspecified atom stereocenters. The van der Waals surface area contributed by atoms with Crippen molar-refractivity contribution >= 4 is 17.2 Å². The number of Topliss-reactive ketones (excluding diaryl/α,β-unsaturated/α-hetero) is 1. The minimum Gasteiger partial charge on any atom is -0.399 e. The molecule has 0 radical (unpaired) electrons. The third-order valence-electron chi connectivity index (χ3n) is 11.1. The van der Waals surface area contributed by atoms with Gasteiger partial charge in [0.15, 0.2) is 0 Å². The quantitative estimate of drug-likeness (QED) is 0.542. The van der Waals surface area contributed by atoms with Gasteiger partial charge in [0.1, 0.15) is 19.0 Å². The first-order valence-corrected chi connectivity index (χ1v) is 14.5. The molecule has 9 atom stereocenters. The van der Waals surface area contributed by atoms with Gasteiger partial charge in [0, 0.05) is 36.1 Å². The van der Waals surface area contributed by atoms with Crippen LogP contribution in [0.3, 0.4) is 0 Å². The summed E-state index contributed by atoms with van der Waals surface area (Å²) >= 11 is 0. The predicted molar refractivity (Wildman–Crippen MR) is 145 cm³/mol. The zero-order valence-electron chi connectivity index (χ0n) is 22.9. The van der Waals surface area contributed by atoms with Gasteiger partial charge in [-0.2, -0.15) is 0 Å². The molecule has 1 heterocycles. The number of nitrogens with zero attached hydrogens (tertiary/aromatic N) is 2. The van der Waals surface area contributed by atoms with Gasteiger partial charge in [-0.25, -0.2) is 0 Å². The molecule has 0 amide bonds. The Morgan fingerprint density at radius 1 is 1.03 bits per heavy atom. The van der Waals surface area contributed by atoms with Crippen LogP contribution in [0.4, 0.5) is 0 Å². The fourth-order valence-electron chi connectivity index (χ4n) is 9.36. The number of nitrogens with one attached hydrogen (secondary N) is 1. The zero-order valence-corrected chi connectivity index (χ0v) is 22.9. The second-order valence-electron chi connectivity index (χ2n) is 13.0. The summed E-state index contributed by atoms with van der Waals surface area (Å²) in [5.41, 5.74) is 3.49. The standard InChI is InChI=1S/C31H43N3O3/c1-19-16-24-22-17-26(33-36-4)28-27(20-8-6-5-7-9-20)25(34-37-21-12-15-32-18-21)11-14-30(28,2)23(22)10-13-31(24,3)29(19)35/h5-9,19,21-24,27-28,32H,10-18H2,1-4H3/t19?,21?,22?,23?,24?,27?,28?,30-,31+/m1/s1. The number of oxime groups is 2. The van der Waals surface area contributed by atoms with Crippen LogP contribution in [0.1, 0.15) is 77.2 Å². The molecule has 0 aromatic heterocycles. The van der Waals surface area contributed by atoms with Crippen molar-refractivity contribution in [3.8, 4) is 0 Å². The van der Waals surface area contributed by atoms with Crippen LogP contribution < -0.4 is 5.32 Å². The molecule has 0 spiro atoms. The molecule has 200 valence electrons. The van der Waals surface area contributed by atoms with E-state index < -0.39 is 0 Å². The number of hydrogen-bond acceptors (Lipinski definition) is 6. The molecule has 6 nitrogen and oxygen atoms in total.